The van der Waals surface area contributed by atoms with Gasteiger partial charge in [0, 0.05) is 24.2 Å². The maximum Gasteiger partial charge on any atom is 0.227 e. The van der Waals surface area contributed by atoms with Crippen LogP contribution in [-0.4, -0.2) is 51.7 Å². The van der Waals surface area contributed by atoms with Gasteiger partial charge in [-0.1, -0.05) is 35.9 Å². The number of nitrogens with zero attached hydrogens (tertiary/aromatic N) is 3. The van der Waals surface area contributed by atoms with Gasteiger partial charge in [0.15, 0.2) is 0 Å². The standard InChI is InChI=1S/C26H32ClN3O3/c1-5-15-32-18-23(31)16-29(19(2)3)17-25-20(4)28-30(22-9-7-6-8-10-22)26(25)33-24-13-11-21(27)12-14-24/h5-14,19,23,31H,1,15-18H2,2-4H3/t23-/m1/s1. The van der Waals surface area contributed by atoms with Crippen LogP contribution in [0.5, 0.6) is 11.6 Å². The molecule has 1 aromatic heterocycles. The topological polar surface area (TPSA) is 59.8 Å². The number of ether oxygens (including phenoxy) is 2. The van der Waals surface area contributed by atoms with Gasteiger partial charge in [0.1, 0.15) is 5.75 Å². The predicted octanol–water partition coefficient (Wildman–Crippen LogP) is 5.40. The smallest absolute Gasteiger partial charge is 0.227 e. The zero-order valence-corrected chi connectivity index (χ0v) is 20.2. The van der Waals surface area contributed by atoms with E-state index in [1.807, 2.05) is 54.1 Å². The van der Waals surface area contributed by atoms with E-state index in [1.54, 1.807) is 18.2 Å². The highest BCUT2D eigenvalue weighted by atomic mass is 35.5. The first-order valence-corrected chi connectivity index (χ1v) is 11.4. The maximum atomic E-state index is 10.5. The van der Waals surface area contributed by atoms with Gasteiger partial charge in [-0.3, -0.25) is 4.90 Å². The Balaban J connectivity index is 1.92. The molecule has 33 heavy (non-hydrogen) atoms. The number of aliphatic hydroxyl groups excluding tert-OH is 1. The van der Waals surface area contributed by atoms with Crippen molar-refractivity contribution in [3.8, 4) is 17.3 Å². The number of para-hydroxylation sites is 1. The van der Waals surface area contributed by atoms with Crippen LogP contribution in [0.15, 0.2) is 67.3 Å². The molecular formula is C26H32ClN3O3. The van der Waals surface area contributed by atoms with Gasteiger partial charge in [0.25, 0.3) is 0 Å². The quantitative estimate of drug-likeness (QED) is 0.284. The first-order valence-electron chi connectivity index (χ1n) is 11.1. The van der Waals surface area contributed by atoms with Gasteiger partial charge in [-0.2, -0.15) is 5.10 Å². The first kappa shape index (κ1) is 25.0. The molecule has 1 heterocycles. The molecule has 0 aliphatic heterocycles. The van der Waals surface area contributed by atoms with Crippen molar-refractivity contribution in [1.82, 2.24) is 14.7 Å². The van der Waals surface area contributed by atoms with Crippen molar-refractivity contribution in [3.05, 3.63) is 83.5 Å². The Hall–Kier alpha value is -2.64. The molecule has 1 atom stereocenters. The summed E-state index contributed by atoms with van der Waals surface area (Å²) < 4.78 is 13.6. The highest BCUT2D eigenvalue weighted by Crippen LogP contribution is 2.32. The molecule has 6 nitrogen and oxygen atoms in total. The maximum absolute atomic E-state index is 10.5. The molecule has 0 amide bonds. The van der Waals surface area contributed by atoms with Crippen LogP contribution in [0, 0.1) is 6.92 Å². The van der Waals surface area contributed by atoms with Crippen LogP contribution >= 0.6 is 11.6 Å². The van der Waals surface area contributed by atoms with Gasteiger partial charge in [0.2, 0.25) is 5.88 Å². The van der Waals surface area contributed by atoms with Gasteiger partial charge >= 0.3 is 0 Å². The number of hydrogen-bond donors (Lipinski definition) is 1. The lowest BCUT2D eigenvalue weighted by atomic mass is 10.2. The molecule has 0 bridgehead atoms. The number of hydrogen-bond acceptors (Lipinski definition) is 5. The fraction of sp³-hybridized carbons (Fsp3) is 0.346. The van der Waals surface area contributed by atoms with Crippen LogP contribution in [0.25, 0.3) is 5.69 Å². The van der Waals surface area contributed by atoms with Gasteiger partial charge < -0.3 is 14.6 Å². The second-order valence-corrected chi connectivity index (χ2v) is 8.61. The van der Waals surface area contributed by atoms with Crippen LogP contribution < -0.4 is 4.74 Å². The van der Waals surface area contributed by atoms with Crippen molar-refractivity contribution < 1.29 is 14.6 Å². The Morgan fingerprint density at radius 3 is 2.48 bits per heavy atom. The molecule has 2 aromatic carbocycles. The lowest BCUT2D eigenvalue weighted by Crippen LogP contribution is -2.39. The molecule has 3 aromatic rings. The van der Waals surface area contributed by atoms with Gasteiger partial charge in [0.05, 0.1) is 36.3 Å². The monoisotopic (exact) mass is 469 g/mol. The highest BCUT2D eigenvalue weighted by molar-refractivity contribution is 6.30. The van der Waals surface area contributed by atoms with Crippen molar-refractivity contribution in [2.45, 2.75) is 39.5 Å². The van der Waals surface area contributed by atoms with Crippen LogP contribution in [-0.2, 0) is 11.3 Å². The molecule has 0 radical (unpaired) electrons. The molecule has 0 spiro atoms. The van der Waals surface area contributed by atoms with Crippen molar-refractivity contribution >= 4 is 11.6 Å². The molecule has 0 saturated carbocycles. The first-order chi connectivity index (χ1) is 15.9. The molecule has 7 heteroatoms. The summed E-state index contributed by atoms with van der Waals surface area (Å²) in [6.07, 6.45) is 1.06. The molecule has 0 aliphatic carbocycles. The van der Waals surface area contributed by atoms with Crippen LogP contribution in [0.2, 0.25) is 5.02 Å². The normalized spacial score (nSPS) is 12.3. The third-order valence-corrected chi connectivity index (χ3v) is 5.50. The fourth-order valence-electron chi connectivity index (χ4n) is 3.46. The molecule has 0 aliphatic rings. The third-order valence-electron chi connectivity index (χ3n) is 5.25. The summed E-state index contributed by atoms with van der Waals surface area (Å²) in [7, 11) is 0. The summed E-state index contributed by atoms with van der Waals surface area (Å²) >= 11 is 6.06. The fourth-order valence-corrected chi connectivity index (χ4v) is 3.58. The molecule has 176 valence electrons. The third kappa shape index (κ3) is 6.92. The van der Waals surface area contributed by atoms with E-state index < -0.39 is 6.10 Å². The van der Waals surface area contributed by atoms with E-state index >= 15 is 0 Å². The van der Waals surface area contributed by atoms with E-state index in [0.717, 1.165) is 16.9 Å². The Morgan fingerprint density at radius 2 is 1.85 bits per heavy atom. The number of aromatic nitrogens is 2. The van der Waals surface area contributed by atoms with E-state index in [9.17, 15) is 5.11 Å². The summed E-state index contributed by atoms with van der Waals surface area (Å²) in [5, 5.41) is 15.9. The Labute approximate surface area is 201 Å². The average molecular weight is 470 g/mol. The SMILES string of the molecule is C=CCOC[C@H](O)CN(Cc1c(C)nn(-c2ccccc2)c1Oc1ccc(Cl)cc1)C(C)C. The number of aryl methyl sites for hydroxylation is 1. The van der Waals surface area contributed by atoms with Crippen molar-refractivity contribution in [1.29, 1.82) is 0 Å². The van der Waals surface area contributed by atoms with Crippen LogP contribution in [0.4, 0.5) is 0 Å². The Morgan fingerprint density at radius 1 is 1.15 bits per heavy atom. The number of benzene rings is 2. The zero-order valence-electron chi connectivity index (χ0n) is 19.4. The van der Waals surface area contributed by atoms with Gasteiger partial charge in [-0.05, 0) is 57.2 Å². The van der Waals surface area contributed by atoms with E-state index in [-0.39, 0.29) is 12.6 Å². The molecule has 3 rings (SSSR count). The lowest BCUT2D eigenvalue weighted by Gasteiger charge is -2.29. The number of rotatable bonds is 12. The molecule has 0 saturated heterocycles. The van der Waals surface area contributed by atoms with E-state index in [1.165, 1.54) is 0 Å². The van der Waals surface area contributed by atoms with Crippen molar-refractivity contribution in [3.63, 3.8) is 0 Å². The largest absolute Gasteiger partial charge is 0.439 e. The Kier molecular flexibility index (Phi) is 9.09. The number of halogens is 1. The Bertz CT molecular complexity index is 1020. The van der Waals surface area contributed by atoms with Gasteiger partial charge in [-0.15, -0.1) is 6.58 Å². The second-order valence-electron chi connectivity index (χ2n) is 8.18. The molecule has 0 fully saturated rings. The van der Waals surface area contributed by atoms with E-state index in [2.05, 4.69) is 25.3 Å². The predicted molar refractivity (Wildman–Crippen MR) is 132 cm³/mol. The van der Waals surface area contributed by atoms with Crippen LogP contribution in [0.1, 0.15) is 25.1 Å². The summed E-state index contributed by atoms with van der Waals surface area (Å²) in [5.74, 6) is 1.32. The lowest BCUT2D eigenvalue weighted by molar-refractivity contribution is 0.0177. The van der Waals surface area contributed by atoms with E-state index in [4.69, 9.17) is 26.2 Å². The second kappa shape index (κ2) is 12.0. The molecule has 1 N–H and O–H groups in total. The van der Waals surface area contributed by atoms with Crippen molar-refractivity contribution in [2.75, 3.05) is 19.8 Å². The molecular weight excluding hydrogens is 438 g/mol. The molecule has 0 unspecified atom stereocenters. The minimum absolute atomic E-state index is 0.196. The highest BCUT2D eigenvalue weighted by Gasteiger charge is 2.24. The van der Waals surface area contributed by atoms with Gasteiger partial charge in [-0.25, -0.2) is 4.68 Å². The summed E-state index contributed by atoms with van der Waals surface area (Å²) in [6, 6.07) is 17.4. The average Bonchev–Trinajstić information content (AvgIpc) is 3.10. The zero-order chi connectivity index (χ0) is 23.8. The number of aliphatic hydroxyl groups is 1. The minimum atomic E-state index is -0.613. The van der Waals surface area contributed by atoms with Crippen LogP contribution in [0.3, 0.4) is 0 Å². The summed E-state index contributed by atoms with van der Waals surface area (Å²) in [5.41, 5.74) is 2.73. The summed E-state index contributed by atoms with van der Waals surface area (Å²) in [4.78, 5) is 2.19. The summed E-state index contributed by atoms with van der Waals surface area (Å²) in [6.45, 7) is 11.5. The minimum Gasteiger partial charge on any atom is -0.439 e. The van der Waals surface area contributed by atoms with E-state index in [0.29, 0.717) is 36.3 Å². The van der Waals surface area contributed by atoms with Crippen molar-refractivity contribution in [2.24, 2.45) is 0 Å².